The van der Waals surface area contributed by atoms with Crippen molar-refractivity contribution in [2.24, 2.45) is 0 Å². The third kappa shape index (κ3) is 3.23. The molecular formula is C14H15BrN2O. The summed E-state index contributed by atoms with van der Waals surface area (Å²) in [5.41, 5.74) is 2.32. The highest BCUT2D eigenvalue weighted by atomic mass is 79.9. The van der Waals surface area contributed by atoms with Crippen LogP contribution in [0.25, 0.3) is 0 Å². The highest BCUT2D eigenvalue weighted by Gasteiger charge is 1.99. The second-order valence-electron chi connectivity index (χ2n) is 4.15. The highest BCUT2D eigenvalue weighted by Crippen LogP contribution is 2.08. The van der Waals surface area contributed by atoms with Gasteiger partial charge in [-0.1, -0.05) is 17.7 Å². The molecule has 2 aromatic rings. The summed E-state index contributed by atoms with van der Waals surface area (Å²) in [4.78, 5) is 11.7. The maximum Gasteiger partial charge on any atom is 0.264 e. The normalized spacial score (nSPS) is 10.3. The van der Waals surface area contributed by atoms with Crippen molar-refractivity contribution in [2.75, 3.05) is 11.9 Å². The van der Waals surface area contributed by atoms with Crippen LogP contribution >= 0.6 is 15.9 Å². The van der Waals surface area contributed by atoms with E-state index in [0.717, 1.165) is 12.2 Å². The summed E-state index contributed by atoms with van der Waals surface area (Å²) < 4.78 is 2.28. The van der Waals surface area contributed by atoms with E-state index in [1.165, 1.54) is 5.56 Å². The molecule has 0 saturated carbocycles. The van der Waals surface area contributed by atoms with Gasteiger partial charge in [-0.05, 0) is 47.1 Å². The predicted octanol–water partition coefficient (Wildman–Crippen LogP) is 3.03. The summed E-state index contributed by atoms with van der Waals surface area (Å²) in [5, 5.41) is 3.29. The number of hydrogen-bond donors (Lipinski definition) is 1. The molecule has 0 unspecified atom stereocenters. The number of halogens is 1. The zero-order valence-corrected chi connectivity index (χ0v) is 11.8. The van der Waals surface area contributed by atoms with Crippen LogP contribution in [0.5, 0.6) is 0 Å². The van der Waals surface area contributed by atoms with E-state index in [0.29, 0.717) is 11.0 Å². The Bertz CT molecular complexity index is 575. The van der Waals surface area contributed by atoms with E-state index in [2.05, 4.69) is 40.3 Å². The van der Waals surface area contributed by atoms with Crippen molar-refractivity contribution >= 4 is 21.6 Å². The molecule has 0 fully saturated rings. The number of pyridine rings is 1. The molecule has 1 heterocycles. The van der Waals surface area contributed by atoms with Gasteiger partial charge in [0, 0.05) is 25.0 Å². The van der Waals surface area contributed by atoms with E-state index < -0.39 is 0 Å². The van der Waals surface area contributed by atoms with Crippen LogP contribution in [-0.4, -0.2) is 11.1 Å². The van der Waals surface area contributed by atoms with Gasteiger partial charge in [0.05, 0.1) is 4.47 Å². The lowest BCUT2D eigenvalue weighted by Crippen LogP contribution is -2.23. The second-order valence-corrected chi connectivity index (χ2v) is 5.00. The Hall–Kier alpha value is -1.55. The topological polar surface area (TPSA) is 34.0 Å². The van der Waals surface area contributed by atoms with Crippen LogP contribution in [-0.2, 0) is 6.54 Å². The van der Waals surface area contributed by atoms with E-state index >= 15 is 0 Å². The molecule has 0 aliphatic carbocycles. The number of benzene rings is 1. The lowest BCUT2D eigenvalue weighted by molar-refractivity contribution is 0.694. The molecule has 4 heteroatoms. The number of anilines is 1. The summed E-state index contributed by atoms with van der Waals surface area (Å²) in [6, 6.07) is 11.8. The molecule has 0 atom stereocenters. The first-order valence-electron chi connectivity index (χ1n) is 5.82. The van der Waals surface area contributed by atoms with Gasteiger partial charge < -0.3 is 9.88 Å². The number of aromatic nitrogens is 1. The lowest BCUT2D eigenvalue weighted by atomic mass is 10.2. The zero-order chi connectivity index (χ0) is 13.0. The molecule has 0 radical (unpaired) electrons. The molecule has 1 aromatic carbocycles. The fourth-order valence-electron chi connectivity index (χ4n) is 1.68. The molecule has 1 aromatic heterocycles. The number of aryl methyl sites for hydroxylation is 1. The van der Waals surface area contributed by atoms with Crippen molar-refractivity contribution in [2.45, 2.75) is 13.5 Å². The van der Waals surface area contributed by atoms with Crippen molar-refractivity contribution in [3.05, 3.63) is 63.0 Å². The van der Waals surface area contributed by atoms with Gasteiger partial charge in [0.1, 0.15) is 0 Å². The molecule has 18 heavy (non-hydrogen) atoms. The van der Waals surface area contributed by atoms with E-state index in [9.17, 15) is 4.79 Å². The van der Waals surface area contributed by atoms with Gasteiger partial charge in [-0.25, -0.2) is 0 Å². The van der Waals surface area contributed by atoms with E-state index in [1.807, 2.05) is 18.2 Å². The smallest absolute Gasteiger partial charge is 0.264 e. The van der Waals surface area contributed by atoms with Crippen LogP contribution in [0.3, 0.4) is 0 Å². The maximum atomic E-state index is 11.7. The molecule has 0 spiro atoms. The average Bonchev–Trinajstić information content (AvgIpc) is 2.37. The molecule has 2 rings (SSSR count). The van der Waals surface area contributed by atoms with E-state index in [-0.39, 0.29) is 5.56 Å². The number of rotatable bonds is 4. The lowest BCUT2D eigenvalue weighted by Gasteiger charge is -2.09. The Morgan fingerprint density at radius 2 is 1.94 bits per heavy atom. The third-order valence-corrected chi connectivity index (χ3v) is 3.31. The molecule has 94 valence electrons. The van der Waals surface area contributed by atoms with Crippen LogP contribution in [0.4, 0.5) is 5.69 Å². The molecule has 1 N–H and O–H groups in total. The number of hydrogen-bond acceptors (Lipinski definition) is 2. The van der Waals surface area contributed by atoms with Crippen molar-refractivity contribution < 1.29 is 0 Å². The Balaban J connectivity index is 1.94. The molecule has 0 amide bonds. The van der Waals surface area contributed by atoms with Crippen LogP contribution in [0.1, 0.15) is 5.56 Å². The molecule has 0 aliphatic rings. The summed E-state index contributed by atoms with van der Waals surface area (Å²) in [6.45, 7) is 3.43. The fourth-order valence-corrected chi connectivity index (χ4v) is 2.06. The Kier molecular flexibility index (Phi) is 4.20. The third-order valence-electron chi connectivity index (χ3n) is 2.71. The van der Waals surface area contributed by atoms with Crippen molar-refractivity contribution in [1.29, 1.82) is 0 Å². The van der Waals surface area contributed by atoms with Gasteiger partial charge in [0.25, 0.3) is 5.56 Å². The monoisotopic (exact) mass is 306 g/mol. The molecule has 3 nitrogen and oxygen atoms in total. The second kappa shape index (κ2) is 5.87. The summed E-state index contributed by atoms with van der Waals surface area (Å²) in [6.07, 6.45) is 1.80. The van der Waals surface area contributed by atoms with Gasteiger partial charge in [-0.2, -0.15) is 0 Å². The average molecular weight is 307 g/mol. The number of nitrogens with one attached hydrogen (secondary N) is 1. The standard InChI is InChI=1S/C14H15BrN2O/c1-11-4-6-12(7-5-11)16-8-10-17-9-2-3-13(15)14(17)18/h2-7,9,16H,8,10H2,1H3. The van der Waals surface area contributed by atoms with Crippen molar-refractivity contribution in [3.8, 4) is 0 Å². The van der Waals surface area contributed by atoms with Crippen LogP contribution in [0.15, 0.2) is 51.9 Å². The van der Waals surface area contributed by atoms with Gasteiger partial charge >= 0.3 is 0 Å². The zero-order valence-electron chi connectivity index (χ0n) is 10.2. The van der Waals surface area contributed by atoms with E-state index in [1.54, 1.807) is 16.8 Å². The van der Waals surface area contributed by atoms with Crippen molar-refractivity contribution in [3.63, 3.8) is 0 Å². The largest absolute Gasteiger partial charge is 0.383 e. The first kappa shape index (κ1) is 12.9. The van der Waals surface area contributed by atoms with Gasteiger partial charge in [-0.15, -0.1) is 0 Å². The first-order chi connectivity index (χ1) is 8.66. The van der Waals surface area contributed by atoms with E-state index in [4.69, 9.17) is 0 Å². The molecule has 0 saturated heterocycles. The molecule has 0 bridgehead atoms. The van der Waals surface area contributed by atoms with Crippen LogP contribution in [0, 0.1) is 6.92 Å². The SMILES string of the molecule is Cc1ccc(NCCn2cccc(Br)c2=O)cc1. The summed E-state index contributed by atoms with van der Waals surface area (Å²) in [5.74, 6) is 0. The Morgan fingerprint density at radius 1 is 1.22 bits per heavy atom. The quantitative estimate of drug-likeness (QED) is 0.942. The maximum absolute atomic E-state index is 11.7. The van der Waals surface area contributed by atoms with Gasteiger partial charge in [0.2, 0.25) is 0 Å². The molecule has 0 aliphatic heterocycles. The minimum Gasteiger partial charge on any atom is -0.383 e. The minimum absolute atomic E-state index is 0.00297. The number of nitrogens with zero attached hydrogens (tertiary/aromatic N) is 1. The highest BCUT2D eigenvalue weighted by molar-refractivity contribution is 9.10. The van der Waals surface area contributed by atoms with Crippen LogP contribution < -0.4 is 10.9 Å². The Labute approximate surface area is 115 Å². The summed E-state index contributed by atoms with van der Waals surface area (Å²) >= 11 is 3.24. The first-order valence-corrected chi connectivity index (χ1v) is 6.61. The summed E-state index contributed by atoms with van der Waals surface area (Å²) in [7, 11) is 0. The fraction of sp³-hybridized carbons (Fsp3) is 0.214. The minimum atomic E-state index is 0.00297. The van der Waals surface area contributed by atoms with Crippen LogP contribution in [0.2, 0.25) is 0 Å². The van der Waals surface area contributed by atoms with Gasteiger partial charge in [0.15, 0.2) is 0 Å². The Morgan fingerprint density at radius 3 is 2.67 bits per heavy atom. The van der Waals surface area contributed by atoms with Crippen molar-refractivity contribution in [1.82, 2.24) is 4.57 Å². The van der Waals surface area contributed by atoms with Gasteiger partial charge in [-0.3, -0.25) is 4.79 Å². The molecular weight excluding hydrogens is 292 g/mol. The predicted molar refractivity (Wildman–Crippen MR) is 78.1 cm³/mol.